The van der Waals surface area contributed by atoms with Crippen LogP contribution in [0.3, 0.4) is 0 Å². The molecule has 7 heteroatoms. The van der Waals surface area contributed by atoms with E-state index in [1.165, 1.54) is 0 Å². The molecule has 0 fully saturated rings. The third-order valence-corrected chi connectivity index (χ3v) is 4.94. The average Bonchev–Trinajstić information content (AvgIpc) is 2.75. The van der Waals surface area contributed by atoms with Crippen molar-refractivity contribution < 1.29 is 14.3 Å². The van der Waals surface area contributed by atoms with Gasteiger partial charge in [-0.2, -0.15) is 0 Å². The normalized spacial score (nSPS) is 10.4. The highest BCUT2D eigenvalue weighted by molar-refractivity contribution is 5.63. The molecule has 0 atom stereocenters. The molecule has 0 aliphatic heterocycles. The molecular formula is C27H34N4O3. The van der Waals surface area contributed by atoms with Gasteiger partial charge in [0.15, 0.2) is 0 Å². The van der Waals surface area contributed by atoms with Crippen molar-refractivity contribution in [2.75, 3.05) is 52.7 Å². The summed E-state index contributed by atoms with van der Waals surface area (Å²) in [7, 11) is 7.82. The van der Waals surface area contributed by atoms with Crippen LogP contribution in [0, 0.1) is 37.5 Å². The topological polar surface area (TPSA) is 94.0 Å². The maximum atomic E-state index is 12.2. The standard InChI is InChI=1S/C27H34N4O3/c1-19-13-21(9-7-11-30(3)4)25(28)15-23(19)17-33-27(32)34-18-24-16-26(29)22(14-20(24)2)10-8-12-31(5)6/h13-16H,11-12,17-18,28-29H2,1-6H3. The summed E-state index contributed by atoms with van der Waals surface area (Å²) in [5, 5.41) is 0. The first kappa shape index (κ1) is 26.6. The summed E-state index contributed by atoms with van der Waals surface area (Å²) in [5.41, 5.74) is 18.3. The highest BCUT2D eigenvalue weighted by Crippen LogP contribution is 2.21. The lowest BCUT2D eigenvalue weighted by Gasteiger charge is -2.12. The lowest BCUT2D eigenvalue weighted by molar-refractivity contribution is 0.0444. The quantitative estimate of drug-likeness (QED) is 0.387. The number of hydrogen-bond donors (Lipinski definition) is 2. The van der Waals surface area contributed by atoms with Crippen molar-refractivity contribution >= 4 is 17.5 Å². The molecule has 34 heavy (non-hydrogen) atoms. The van der Waals surface area contributed by atoms with Gasteiger partial charge in [-0.3, -0.25) is 9.80 Å². The molecule has 0 aromatic heterocycles. The lowest BCUT2D eigenvalue weighted by atomic mass is 10.0. The van der Waals surface area contributed by atoms with Gasteiger partial charge in [0.2, 0.25) is 0 Å². The maximum Gasteiger partial charge on any atom is 0.508 e. The molecule has 4 N–H and O–H groups in total. The number of hydrogen-bond acceptors (Lipinski definition) is 7. The minimum Gasteiger partial charge on any atom is -0.429 e. The Morgan fingerprint density at radius 3 is 1.50 bits per heavy atom. The molecular weight excluding hydrogens is 428 g/mol. The third-order valence-electron chi connectivity index (χ3n) is 4.94. The second kappa shape index (κ2) is 12.6. The van der Waals surface area contributed by atoms with E-state index in [9.17, 15) is 4.79 Å². The first-order valence-corrected chi connectivity index (χ1v) is 10.9. The summed E-state index contributed by atoms with van der Waals surface area (Å²) in [4.78, 5) is 16.1. The predicted octanol–water partition coefficient (Wildman–Crippen LogP) is 3.15. The number of nitrogens with zero attached hydrogens (tertiary/aromatic N) is 2. The second-order valence-electron chi connectivity index (χ2n) is 8.64. The summed E-state index contributed by atoms with van der Waals surface area (Å²) < 4.78 is 10.6. The minimum absolute atomic E-state index is 0.0573. The van der Waals surface area contributed by atoms with Crippen molar-refractivity contribution in [3.8, 4) is 23.7 Å². The van der Waals surface area contributed by atoms with Crippen LogP contribution in [0.4, 0.5) is 16.2 Å². The third kappa shape index (κ3) is 8.37. The van der Waals surface area contributed by atoms with E-state index < -0.39 is 6.16 Å². The van der Waals surface area contributed by atoms with Crippen molar-refractivity contribution in [2.45, 2.75) is 27.1 Å². The Balaban J connectivity index is 1.95. The van der Waals surface area contributed by atoms with Gasteiger partial charge in [0.25, 0.3) is 0 Å². The van der Waals surface area contributed by atoms with E-state index in [1.54, 1.807) is 12.1 Å². The van der Waals surface area contributed by atoms with Crippen LogP contribution in [0.5, 0.6) is 0 Å². The Hall–Kier alpha value is -3.65. The summed E-state index contributed by atoms with van der Waals surface area (Å²) in [6.45, 7) is 5.26. The van der Waals surface area contributed by atoms with E-state index in [0.717, 1.165) is 33.4 Å². The van der Waals surface area contributed by atoms with Crippen molar-refractivity contribution in [2.24, 2.45) is 0 Å². The summed E-state index contributed by atoms with van der Waals surface area (Å²) in [6, 6.07) is 7.36. The molecule has 0 amide bonds. The monoisotopic (exact) mass is 462 g/mol. The maximum absolute atomic E-state index is 12.2. The van der Waals surface area contributed by atoms with Crippen molar-refractivity contribution in [1.29, 1.82) is 0 Å². The predicted molar refractivity (Wildman–Crippen MR) is 137 cm³/mol. The molecule has 0 heterocycles. The Kier molecular flexibility index (Phi) is 9.82. The molecule has 0 aliphatic carbocycles. The number of ether oxygens (including phenoxy) is 2. The number of carbonyl (C=O) groups is 1. The molecule has 2 rings (SSSR count). The van der Waals surface area contributed by atoms with Crippen molar-refractivity contribution in [1.82, 2.24) is 9.80 Å². The summed E-state index contributed by atoms with van der Waals surface area (Å²) in [5.74, 6) is 12.3. The zero-order valence-corrected chi connectivity index (χ0v) is 20.9. The highest BCUT2D eigenvalue weighted by Gasteiger charge is 2.11. The van der Waals surface area contributed by atoms with Crippen LogP contribution >= 0.6 is 0 Å². The average molecular weight is 463 g/mol. The Morgan fingerprint density at radius 1 is 0.765 bits per heavy atom. The number of aryl methyl sites for hydroxylation is 2. The molecule has 2 aromatic rings. The number of benzene rings is 2. The van der Waals surface area contributed by atoms with E-state index in [1.807, 2.05) is 64.0 Å². The molecule has 180 valence electrons. The van der Waals surface area contributed by atoms with E-state index in [-0.39, 0.29) is 13.2 Å². The van der Waals surface area contributed by atoms with Gasteiger partial charge in [0.1, 0.15) is 13.2 Å². The van der Waals surface area contributed by atoms with E-state index in [2.05, 4.69) is 23.7 Å². The molecule has 2 aromatic carbocycles. The Morgan fingerprint density at radius 2 is 1.15 bits per heavy atom. The molecule has 0 bridgehead atoms. The van der Waals surface area contributed by atoms with Gasteiger partial charge < -0.3 is 20.9 Å². The number of anilines is 2. The fourth-order valence-electron chi connectivity index (χ4n) is 2.97. The smallest absolute Gasteiger partial charge is 0.429 e. The fourth-order valence-corrected chi connectivity index (χ4v) is 2.97. The molecule has 7 nitrogen and oxygen atoms in total. The van der Waals surface area contributed by atoms with Gasteiger partial charge in [0, 0.05) is 22.5 Å². The van der Waals surface area contributed by atoms with Gasteiger partial charge in [-0.25, -0.2) is 4.79 Å². The first-order valence-electron chi connectivity index (χ1n) is 10.9. The number of carbonyl (C=O) groups excluding carboxylic acids is 1. The Bertz CT molecular complexity index is 1060. The molecule has 0 aliphatic rings. The van der Waals surface area contributed by atoms with Crippen molar-refractivity contribution in [3.63, 3.8) is 0 Å². The van der Waals surface area contributed by atoms with Crippen LogP contribution < -0.4 is 11.5 Å². The number of nitrogen functional groups attached to an aromatic ring is 2. The second-order valence-corrected chi connectivity index (χ2v) is 8.64. The lowest BCUT2D eigenvalue weighted by Crippen LogP contribution is -2.11. The summed E-state index contributed by atoms with van der Waals surface area (Å²) >= 11 is 0. The molecule has 0 saturated heterocycles. The van der Waals surface area contributed by atoms with Gasteiger partial charge in [-0.05, 0) is 88.6 Å². The van der Waals surface area contributed by atoms with Gasteiger partial charge in [-0.1, -0.05) is 23.7 Å². The minimum atomic E-state index is -0.763. The van der Waals surface area contributed by atoms with Crippen LogP contribution in [0.1, 0.15) is 33.4 Å². The van der Waals surface area contributed by atoms with Crippen LogP contribution in [0.25, 0.3) is 0 Å². The van der Waals surface area contributed by atoms with Crippen LogP contribution in [-0.2, 0) is 22.7 Å². The molecule has 0 spiro atoms. The molecule has 0 unspecified atom stereocenters. The summed E-state index contributed by atoms with van der Waals surface area (Å²) in [6.07, 6.45) is -0.763. The zero-order chi connectivity index (χ0) is 25.3. The highest BCUT2D eigenvalue weighted by atomic mass is 16.7. The largest absolute Gasteiger partial charge is 0.508 e. The van der Waals surface area contributed by atoms with Gasteiger partial charge in [0.05, 0.1) is 13.1 Å². The van der Waals surface area contributed by atoms with E-state index in [0.29, 0.717) is 24.5 Å². The van der Waals surface area contributed by atoms with Crippen LogP contribution in [0.15, 0.2) is 24.3 Å². The number of nitrogens with two attached hydrogens (primary N) is 2. The molecule has 0 saturated carbocycles. The first-order chi connectivity index (χ1) is 16.1. The van der Waals surface area contributed by atoms with Gasteiger partial charge >= 0.3 is 6.16 Å². The van der Waals surface area contributed by atoms with Crippen LogP contribution in [0.2, 0.25) is 0 Å². The van der Waals surface area contributed by atoms with Gasteiger partial charge in [-0.15, -0.1) is 0 Å². The van der Waals surface area contributed by atoms with Crippen molar-refractivity contribution in [3.05, 3.63) is 57.6 Å². The Labute approximate surface area is 203 Å². The fraction of sp³-hybridized carbons (Fsp3) is 0.370. The zero-order valence-electron chi connectivity index (χ0n) is 20.9. The molecule has 0 radical (unpaired) electrons. The van der Waals surface area contributed by atoms with Crippen LogP contribution in [-0.4, -0.2) is 57.2 Å². The van der Waals surface area contributed by atoms with E-state index in [4.69, 9.17) is 20.9 Å². The SMILES string of the molecule is Cc1cc(C#CCN(C)C)c(N)cc1COC(=O)OCc1cc(N)c(C#CCN(C)C)cc1C. The number of rotatable bonds is 6. The van der Waals surface area contributed by atoms with E-state index >= 15 is 0 Å².